The van der Waals surface area contributed by atoms with Crippen LogP contribution in [0.3, 0.4) is 0 Å². The highest BCUT2D eigenvalue weighted by molar-refractivity contribution is 7.22. The summed E-state index contributed by atoms with van der Waals surface area (Å²) in [5, 5.41) is 3.44. The van der Waals surface area contributed by atoms with Crippen molar-refractivity contribution in [1.29, 1.82) is 0 Å². The average molecular weight is 476 g/mol. The second kappa shape index (κ2) is 8.80. The summed E-state index contributed by atoms with van der Waals surface area (Å²) < 4.78 is 12.6. The van der Waals surface area contributed by atoms with E-state index in [-0.39, 0.29) is 5.56 Å². The number of aromatic nitrogens is 3. The van der Waals surface area contributed by atoms with E-state index in [2.05, 4.69) is 17.1 Å². The number of para-hydroxylation sites is 1. The molecule has 6 nitrogen and oxygen atoms in total. The summed E-state index contributed by atoms with van der Waals surface area (Å²) in [5.74, 6) is 1.29. The minimum Gasteiger partial charge on any atom is -0.493 e. The van der Waals surface area contributed by atoms with Crippen molar-refractivity contribution >= 4 is 32.9 Å². The Balaban J connectivity index is 1.50. The number of hydrogen-bond acceptors (Lipinski definition) is 7. The van der Waals surface area contributed by atoms with E-state index in [9.17, 15) is 4.79 Å². The number of benzene rings is 2. The maximum Gasteiger partial charge on any atom is 0.262 e. The number of hydrogen-bond donors (Lipinski definition) is 0. The molecule has 3 aromatic heterocycles. The second-order valence-corrected chi connectivity index (χ2v) is 9.32. The summed E-state index contributed by atoms with van der Waals surface area (Å²) in [5.41, 5.74) is 3.66. The Bertz CT molecular complexity index is 1500. The van der Waals surface area contributed by atoms with Crippen molar-refractivity contribution in [3.8, 4) is 32.5 Å². The van der Waals surface area contributed by atoms with Crippen LogP contribution in [0.15, 0.2) is 65.0 Å². The monoisotopic (exact) mass is 475 g/mol. The molecular formula is C25H21N3O3S2. The molecule has 0 bridgehead atoms. The normalized spacial score (nSPS) is 11.1. The predicted molar refractivity (Wildman–Crippen MR) is 134 cm³/mol. The van der Waals surface area contributed by atoms with Crippen LogP contribution in [0.2, 0.25) is 0 Å². The summed E-state index contributed by atoms with van der Waals surface area (Å²) in [6.45, 7) is 2.34. The summed E-state index contributed by atoms with van der Waals surface area (Å²) >= 11 is 3.06. The highest BCUT2D eigenvalue weighted by Crippen LogP contribution is 2.39. The molecule has 5 rings (SSSR count). The number of methoxy groups -OCH3 is 2. The fourth-order valence-corrected chi connectivity index (χ4v) is 5.85. The number of ether oxygens (including phenoxy) is 2. The lowest BCUT2D eigenvalue weighted by Gasteiger charge is -2.10. The minimum atomic E-state index is -0.0514. The second-order valence-electron chi connectivity index (χ2n) is 7.47. The average Bonchev–Trinajstić information content (AvgIpc) is 3.45. The van der Waals surface area contributed by atoms with E-state index < -0.39 is 0 Å². The Kier molecular flexibility index (Phi) is 5.70. The van der Waals surface area contributed by atoms with Gasteiger partial charge in [0, 0.05) is 10.3 Å². The molecule has 0 aliphatic rings. The largest absolute Gasteiger partial charge is 0.493 e. The maximum atomic E-state index is 13.3. The van der Waals surface area contributed by atoms with E-state index in [1.165, 1.54) is 11.3 Å². The van der Waals surface area contributed by atoms with Crippen molar-refractivity contribution < 1.29 is 9.47 Å². The van der Waals surface area contributed by atoms with Crippen LogP contribution >= 0.6 is 22.7 Å². The van der Waals surface area contributed by atoms with Gasteiger partial charge in [-0.25, -0.2) is 9.97 Å². The highest BCUT2D eigenvalue weighted by atomic mass is 32.1. The first kappa shape index (κ1) is 21.4. The molecule has 0 atom stereocenters. The van der Waals surface area contributed by atoms with Crippen molar-refractivity contribution in [2.75, 3.05) is 14.2 Å². The van der Waals surface area contributed by atoms with E-state index in [0.29, 0.717) is 23.4 Å². The van der Waals surface area contributed by atoms with Gasteiger partial charge in [-0.15, -0.1) is 22.7 Å². The molecule has 0 aliphatic carbocycles. The van der Waals surface area contributed by atoms with Crippen molar-refractivity contribution in [2.45, 2.75) is 13.5 Å². The zero-order valence-corrected chi connectivity index (χ0v) is 20.0. The molecule has 0 saturated carbocycles. The van der Waals surface area contributed by atoms with Gasteiger partial charge in [-0.3, -0.25) is 9.36 Å². The Morgan fingerprint density at radius 2 is 1.85 bits per heavy atom. The van der Waals surface area contributed by atoms with Gasteiger partial charge in [0.1, 0.15) is 9.84 Å². The molecule has 2 aromatic carbocycles. The van der Waals surface area contributed by atoms with E-state index in [1.807, 2.05) is 48.7 Å². The predicted octanol–water partition coefficient (Wildman–Crippen LogP) is 5.62. The van der Waals surface area contributed by atoms with Gasteiger partial charge in [0.2, 0.25) is 0 Å². The number of fused-ring (bicyclic) bond motifs is 1. The van der Waals surface area contributed by atoms with Gasteiger partial charge in [-0.05, 0) is 30.2 Å². The van der Waals surface area contributed by atoms with Crippen molar-refractivity contribution in [3.63, 3.8) is 0 Å². The minimum absolute atomic E-state index is 0.0514. The fraction of sp³-hybridized carbons (Fsp3) is 0.160. The number of rotatable bonds is 6. The zero-order valence-electron chi connectivity index (χ0n) is 18.4. The SMILES string of the molecule is COc1cccc(-c2nc(Cn3cnc4sc(-c5ccccc5)c(C)c4c3=O)cs2)c1OC. The molecule has 0 saturated heterocycles. The Morgan fingerprint density at radius 1 is 1.03 bits per heavy atom. The van der Waals surface area contributed by atoms with Crippen LogP contribution in [-0.2, 0) is 6.54 Å². The molecule has 0 N–H and O–H groups in total. The van der Waals surface area contributed by atoms with Crippen LogP contribution in [-0.4, -0.2) is 28.8 Å². The lowest BCUT2D eigenvalue weighted by atomic mass is 10.1. The first-order chi connectivity index (χ1) is 16.1. The molecule has 5 aromatic rings. The molecule has 33 heavy (non-hydrogen) atoms. The molecule has 166 valence electrons. The van der Waals surface area contributed by atoms with E-state index >= 15 is 0 Å². The third-order valence-corrected chi connectivity index (χ3v) is 7.64. The molecular weight excluding hydrogens is 454 g/mol. The Hall–Kier alpha value is -3.49. The molecule has 8 heteroatoms. The van der Waals surface area contributed by atoms with E-state index in [1.54, 1.807) is 36.5 Å². The molecule has 0 spiro atoms. The van der Waals surface area contributed by atoms with Gasteiger partial charge in [0.05, 0.1) is 43.7 Å². The van der Waals surface area contributed by atoms with Gasteiger partial charge in [0.15, 0.2) is 11.5 Å². The summed E-state index contributed by atoms with van der Waals surface area (Å²) in [7, 11) is 3.23. The van der Waals surface area contributed by atoms with Crippen molar-refractivity contribution in [3.05, 3.63) is 81.8 Å². The van der Waals surface area contributed by atoms with Gasteiger partial charge < -0.3 is 9.47 Å². The Morgan fingerprint density at radius 3 is 2.61 bits per heavy atom. The molecule has 0 aliphatic heterocycles. The van der Waals surface area contributed by atoms with Gasteiger partial charge in [-0.2, -0.15) is 0 Å². The van der Waals surface area contributed by atoms with Gasteiger partial charge in [0.25, 0.3) is 5.56 Å². The van der Waals surface area contributed by atoms with Crippen LogP contribution in [0.5, 0.6) is 11.5 Å². The van der Waals surface area contributed by atoms with E-state index in [0.717, 1.165) is 37.1 Å². The van der Waals surface area contributed by atoms with Crippen molar-refractivity contribution in [1.82, 2.24) is 14.5 Å². The van der Waals surface area contributed by atoms with E-state index in [4.69, 9.17) is 14.5 Å². The number of aryl methyl sites for hydroxylation is 1. The number of thiophene rings is 1. The first-order valence-corrected chi connectivity index (χ1v) is 12.0. The molecule has 0 radical (unpaired) electrons. The summed E-state index contributed by atoms with van der Waals surface area (Å²) in [6.07, 6.45) is 1.61. The summed E-state index contributed by atoms with van der Waals surface area (Å²) in [4.78, 5) is 24.5. The Labute approximate surface area is 198 Å². The highest BCUT2D eigenvalue weighted by Gasteiger charge is 2.18. The number of thiazole rings is 1. The van der Waals surface area contributed by atoms with Crippen LogP contribution in [0.4, 0.5) is 0 Å². The number of nitrogens with zero attached hydrogens (tertiary/aromatic N) is 3. The topological polar surface area (TPSA) is 66.2 Å². The van der Waals surface area contributed by atoms with Crippen LogP contribution in [0.1, 0.15) is 11.3 Å². The lowest BCUT2D eigenvalue weighted by molar-refractivity contribution is 0.356. The third kappa shape index (κ3) is 3.81. The smallest absolute Gasteiger partial charge is 0.262 e. The fourth-order valence-electron chi connectivity index (χ4n) is 3.87. The first-order valence-electron chi connectivity index (χ1n) is 10.3. The quantitative estimate of drug-likeness (QED) is 0.319. The zero-order chi connectivity index (χ0) is 22.9. The summed E-state index contributed by atoms with van der Waals surface area (Å²) in [6, 6.07) is 15.8. The molecule has 0 amide bonds. The van der Waals surface area contributed by atoms with Crippen LogP contribution in [0.25, 0.3) is 31.2 Å². The molecule has 0 unspecified atom stereocenters. The van der Waals surface area contributed by atoms with Gasteiger partial charge >= 0.3 is 0 Å². The third-order valence-electron chi connectivity index (χ3n) is 5.47. The molecule has 0 fully saturated rings. The van der Waals surface area contributed by atoms with Crippen molar-refractivity contribution in [2.24, 2.45) is 0 Å². The molecule has 3 heterocycles. The van der Waals surface area contributed by atoms with Crippen LogP contribution in [0, 0.1) is 6.92 Å². The lowest BCUT2D eigenvalue weighted by Crippen LogP contribution is -2.21. The maximum absolute atomic E-state index is 13.3. The van der Waals surface area contributed by atoms with Gasteiger partial charge in [-0.1, -0.05) is 36.4 Å². The standard InChI is InChI=1S/C25H21N3O3S2/c1-15-20-24(33-22(15)16-8-5-4-6-9-16)26-14-28(25(20)29)12-17-13-32-23(27-17)18-10-7-11-19(30-2)21(18)31-3/h4-11,13-14H,12H2,1-3H3. The van der Waals surface area contributed by atoms with Crippen LogP contribution < -0.4 is 15.0 Å².